The van der Waals surface area contributed by atoms with Crippen molar-refractivity contribution >= 4 is 15.9 Å². The molecule has 0 bridgehead atoms. The number of benzene rings is 3. The molecule has 0 aromatic heterocycles. The van der Waals surface area contributed by atoms with Crippen LogP contribution >= 0.6 is 15.9 Å². The van der Waals surface area contributed by atoms with Crippen LogP contribution in [0.2, 0.25) is 0 Å². The number of hydrogen-bond acceptors (Lipinski definition) is 2. The third-order valence-electron chi connectivity index (χ3n) is 4.23. The molecule has 0 fully saturated rings. The smallest absolute Gasteiger partial charge is 0.127 e. The zero-order valence-corrected chi connectivity index (χ0v) is 16.7. The molecule has 0 atom stereocenters. The Morgan fingerprint density at radius 2 is 1.50 bits per heavy atom. The van der Waals surface area contributed by atoms with E-state index in [1.54, 1.807) is 0 Å². The summed E-state index contributed by atoms with van der Waals surface area (Å²) >= 11 is 3.48. The maximum absolute atomic E-state index is 6.01. The lowest BCUT2D eigenvalue weighted by atomic mass is 9.86. The first-order chi connectivity index (χ1) is 12.5. The van der Waals surface area contributed by atoms with E-state index in [1.165, 1.54) is 5.56 Å². The fourth-order valence-corrected chi connectivity index (χ4v) is 3.00. The topological polar surface area (TPSA) is 18.5 Å². The Bertz CT molecular complexity index is 826. The lowest BCUT2D eigenvalue weighted by Crippen LogP contribution is -2.24. The van der Waals surface area contributed by atoms with Gasteiger partial charge in [-0.25, -0.2) is 0 Å². The Morgan fingerprint density at radius 1 is 0.808 bits per heavy atom. The highest BCUT2D eigenvalue weighted by atomic mass is 79.9. The molecule has 2 nitrogen and oxygen atoms in total. The van der Waals surface area contributed by atoms with Crippen LogP contribution in [0.4, 0.5) is 0 Å². The molecular weight excluding hydrogens is 388 g/mol. The van der Waals surface area contributed by atoms with Gasteiger partial charge in [0.05, 0.1) is 13.2 Å². The second-order valence-electron chi connectivity index (χ2n) is 6.95. The van der Waals surface area contributed by atoms with Crippen LogP contribution in [-0.2, 0) is 16.8 Å². The highest BCUT2D eigenvalue weighted by molar-refractivity contribution is 9.10. The molecule has 0 aliphatic heterocycles. The van der Waals surface area contributed by atoms with E-state index in [-0.39, 0.29) is 5.41 Å². The van der Waals surface area contributed by atoms with Crippen LogP contribution in [0.1, 0.15) is 25.0 Å². The van der Waals surface area contributed by atoms with Gasteiger partial charge in [-0.1, -0.05) is 72.2 Å². The summed E-state index contributed by atoms with van der Waals surface area (Å²) in [5, 5.41) is 0. The van der Waals surface area contributed by atoms with Crippen molar-refractivity contribution in [3.05, 3.63) is 94.5 Å². The normalized spacial score (nSPS) is 11.3. The van der Waals surface area contributed by atoms with Crippen molar-refractivity contribution in [3.63, 3.8) is 0 Å². The number of halogens is 1. The molecule has 0 saturated carbocycles. The van der Waals surface area contributed by atoms with Crippen molar-refractivity contribution in [2.75, 3.05) is 6.61 Å². The van der Waals surface area contributed by atoms with Crippen LogP contribution in [0.15, 0.2) is 83.3 Å². The largest absolute Gasteiger partial charge is 0.457 e. The minimum absolute atomic E-state index is 0.0428. The lowest BCUT2D eigenvalue weighted by molar-refractivity contribution is 0.0824. The Hall–Kier alpha value is -2.10. The number of hydrogen-bond donors (Lipinski definition) is 0. The Morgan fingerprint density at radius 3 is 2.23 bits per heavy atom. The number of para-hydroxylation sites is 1. The van der Waals surface area contributed by atoms with Crippen molar-refractivity contribution in [2.45, 2.75) is 25.9 Å². The third kappa shape index (κ3) is 5.20. The molecule has 0 aliphatic carbocycles. The quantitative estimate of drug-likeness (QED) is 0.429. The van der Waals surface area contributed by atoms with Gasteiger partial charge >= 0.3 is 0 Å². The molecule has 0 radical (unpaired) electrons. The molecule has 3 aromatic rings. The van der Waals surface area contributed by atoms with Crippen LogP contribution in [0.3, 0.4) is 0 Å². The van der Waals surface area contributed by atoms with Gasteiger partial charge in [-0.05, 0) is 47.5 Å². The van der Waals surface area contributed by atoms with E-state index in [9.17, 15) is 0 Å². The summed E-state index contributed by atoms with van der Waals surface area (Å²) in [5.74, 6) is 1.66. The van der Waals surface area contributed by atoms with Gasteiger partial charge < -0.3 is 9.47 Å². The molecule has 26 heavy (non-hydrogen) atoms. The van der Waals surface area contributed by atoms with E-state index in [0.29, 0.717) is 13.2 Å². The van der Waals surface area contributed by atoms with E-state index in [2.05, 4.69) is 60.1 Å². The highest BCUT2D eigenvalue weighted by Gasteiger charge is 2.20. The maximum atomic E-state index is 6.01. The monoisotopic (exact) mass is 410 g/mol. The Kier molecular flexibility index (Phi) is 6.12. The third-order valence-corrected chi connectivity index (χ3v) is 4.76. The van der Waals surface area contributed by atoms with Gasteiger partial charge in [-0.15, -0.1) is 0 Å². The predicted octanol–water partition coefficient (Wildman–Crippen LogP) is 6.74. The molecule has 0 spiro atoms. The summed E-state index contributed by atoms with van der Waals surface area (Å²) < 4.78 is 13.0. The molecule has 0 heterocycles. The molecule has 0 aliphatic rings. The molecular formula is C23H23BrO2. The first-order valence-electron chi connectivity index (χ1n) is 8.69. The van der Waals surface area contributed by atoms with Crippen LogP contribution in [-0.4, -0.2) is 6.61 Å². The van der Waals surface area contributed by atoms with Gasteiger partial charge in [0, 0.05) is 9.89 Å². The van der Waals surface area contributed by atoms with Crippen molar-refractivity contribution < 1.29 is 9.47 Å². The second-order valence-corrected chi connectivity index (χ2v) is 7.86. The maximum Gasteiger partial charge on any atom is 0.127 e. The van der Waals surface area contributed by atoms with Gasteiger partial charge in [0.25, 0.3) is 0 Å². The zero-order valence-electron chi connectivity index (χ0n) is 15.1. The van der Waals surface area contributed by atoms with Gasteiger partial charge in [-0.3, -0.25) is 0 Å². The summed E-state index contributed by atoms with van der Waals surface area (Å²) in [6, 6.07) is 26.3. The Labute approximate surface area is 163 Å². The van der Waals surface area contributed by atoms with Crippen molar-refractivity contribution in [3.8, 4) is 11.5 Å². The van der Waals surface area contributed by atoms with Crippen LogP contribution < -0.4 is 4.74 Å². The first kappa shape index (κ1) is 18.7. The predicted molar refractivity (Wildman–Crippen MR) is 110 cm³/mol. The van der Waals surface area contributed by atoms with Gasteiger partial charge in [-0.2, -0.15) is 0 Å². The van der Waals surface area contributed by atoms with E-state index in [1.807, 2.05) is 48.5 Å². The molecule has 0 unspecified atom stereocenters. The standard InChI is InChI=1S/C23H23BrO2/c1-23(2,19-11-13-20(24)14-12-19)17-25-16-18-7-6-10-22(15-18)26-21-8-4-3-5-9-21/h3-15H,16-17H2,1-2H3. The van der Waals surface area contributed by atoms with Crippen molar-refractivity contribution in [1.82, 2.24) is 0 Å². The number of ether oxygens (including phenoxy) is 2. The molecule has 0 amide bonds. The second kappa shape index (κ2) is 8.52. The zero-order chi connectivity index (χ0) is 18.4. The van der Waals surface area contributed by atoms with E-state index in [4.69, 9.17) is 9.47 Å². The van der Waals surface area contributed by atoms with Gasteiger partial charge in [0.2, 0.25) is 0 Å². The molecule has 3 rings (SSSR count). The molecule has 134 valence electrons. The van der Waals surface area contributed by atoms with Gasteiger partial charge in [0.15, 0.2) is 0 Å². The summed E-state index contributed by atoms with van der Waals surface area (Å²) in [4.78, 5) is 0. The fourth-order valence-electron chi connectivity index (χ4n) is 2.73. The van der Waals surface area contributed by atoms with E-state index >= 15 is 0 Å². The minimum atomic E-state index is -0.0428. The van der Waals surface area contributed by atoms with Crippen LogP contribution in [0, 0.1) is 0 Å². The van der Waals surface area contributed by atoms with Crippen LogP contribution in [0.5, 0.6) is 11.5 Å². The summed E-state index contributed by atoms with van der Waals surface area (Å²) in [6.07, 6.45) is 0. The highest BCUT2D eigenvalue weighted by Crippen LogP contribution is 2.26. The molecule has 3 heteroatoms. The van der Waals surface area contributed by atoms with E-state index < -0.39 is 0 Å². The average molecular weight is 411 g/mol. The minimum Gasteiger partial charge on any atom is -0.457 e. The molecule has 3 aromatic carbocycles. The first-order valence-corrected chi connectivity index (χ1v) is 9.48. The summed E-state index contributed by atoms with van der Waals surface area (Å²) in [6.45, 7) is 5.61. The average Bonchev–Trinajstić information content (AvgIpc) is 2.63. The lowest BCUT2D eigenvalue weighted by Gasteiger charge is -2.25. The number of rotatable bonds is 7. The summed E-state index contributed by atoms with van der Waals surface area (Å²) in [5.41, 5.74) is 2.32. The Balaban J connectivity index is 1.58. The molecule has 0 N–H and O–H groups in total. The van der Waals surface area contributed by atoms with E-state index in [0.717, 1.165) is 21.5 Å². The summed E-state index contributed by atoms with van der Waals surface area (Å²) in [7, 11) is 0. The van der Waals surface area contributed by atoms with Crippen LogP contribution in [0.25, 0.3) is 0 Å². The molecule has 0 saturated heterocycles. The SMILES string of the molecule is CC(C)(COCc1cccc(Oc2ccccc2)c1)c1ccc(Br)cc1. The fraction of sp³-hybridized carbons (Fsp3) is 0.217. The van der Waals surface area contributed by atoms with Gasteiger partial charge in [0.1, 0.15) is 11.5 Å². The van der Waals surface area contributed by atoms with Crippen molar-refractivity contribution in [2.24, 2.45) is 0 Å². The van der Waals surface area contributed by atoms with Crippen molar-refractivity contribution in [1.29, 1.82) is 0 Å².